The summed E-state index contributed by atoms with van der Waals surface area (Å²) in [7, 11) is 0. The molecule has 3 nitrogen and oxygen atoms in total. The van der Waals surface area contributed by atoms with E-state index in [4.69, 9.17) is 27.7 Å². The molecule has 2 rings (SSSR count). The number of rotatable bonds is 4. The molecular weight excluding hydrogens is 339 g/mol. The summed E-state index contributed by atoms with van der Waals surface area (Å²) in [4.78, 5) is 4.31. The van der Waals surface area contributed by atoms with Crippen LogP contribution in [0.1, 0.15) is 31.0 Å². The molecule has 0 spiro atoms. The number of halogens is 3. The van der Waals surface area contributed by atoms with Gasteiger partial charge in [-0.05, 0) is 40.5 Å². The maximum absolute atomic E-state index is 6.15. The summed E-state index contributed by atoms with van der Waals surface area (Å²) in [6.45, 7) is 2.06. The third-order valence-electron chi connectivity index (χ3n) is 2.43. The van der Waals surface area contributed by atoms with Gasteiger partial charge in [-0.1, -0.05) is 30.1 Å². The Hall–Kier alpha value is -0.580. The van der Waals surface area contributed by atoms with Gasteiger partial charge in [0, 0.05) is 9.50 Å². The minimum atomic E-state index is -0.210. The Morgan fingerprint density at radius 2 is 2.22 bits per heavy atom. The van der Waals surface area contributed by atoms with Crippen molar-refractivity contribution in [1.82, 2.24) is 10.1 Å². The molecule has 1 atom stereocenters. The summed E-state index contributed by atoms with van der Waals surface area (Å²) in [5, 5.41) is 4.34. The average Bonchev–Trinajstić information content (AvgIpc) is 2.78. The van der Waals surface area contributed by atoms with Crippen LogP contribution in [0.5, 0.6) is 0 Å². The van der Waals surface area contributed by atoms with E-state index in [2.05, 4.69) is 33.0 Å². The fourth-order valence-electron chi connectivity index (χ4n) is 1.52. The summed E-state index contributed by atoms with van der Waals surface area (Å²) >= 11 is 15.5. The molecule has 96 valence electrons. The van der Waals surface area contributed by atoms with Crippen molar-refractivity contribution in [2.75, 3.05) is 0 Å². The molecule has 1 unspecified atom stereocenters. The summed E-state index contributed by atoms with van der Waals surface area (Å²) in [6, 6.07) is 5.38. The molecule has 6 heteroatoms. The van der Waals surface area contributed by atoms with E-state index in [1.54, 1.807) is 12.1 Å². The number of aromatic nitrogens is 2. The van der Waals surface area contributed by atoms with Crippen LogP contribution in [0.4, 0.5) is 0 Å². The van der Waals surface area contributed by atoms with Crippen molar-refractivity contribution in [3.05, 3.63) is 33.5 Å². The summed E-state index contributed by atoms with van der Waals surface area (Å²) in [5.41, 5.74) is 0.804. The molecule has 1 heterocycles. The minimum absolute atomic E-state index is 0.210. The molecule has 0 N–H and O–H groups in total. The second-order valence-corrected chi connectivity index (χ2v) is 5.66. The zero-order valence-electron chi connectivity index (χ0n) is 9.66. The van der Waals surface area contributed by atoms with Crippen LogP contribution in [0.3, 0.4) is 0 Å². The van der Waals surface area contributed by atoms with E-state index in [9.17, 15) is 0 Å². The van der Waals surface area contributed by atoms with Gasteiger partial charge in [-0.15, -0.1) is 11.6 Å². The lowest BCUT2D eigenvalue weighted by Gasteiger charge is -2.00. The van der Waals surface area contributed by atoms with Crippen LogP contribution in [-0.2, 0) is 0 Å². The smallest absolute Gasteiger partial charge is 0.259 e. The van der Waals surface area contributed by atoms with Crippen LogP contribution in [0.15, 0.2) is 27.2 Å². The van der Waals surface area contributed by atoms with Gasteiger partial charge in [-0.3, -0.25) is 0 Å². The molecule has 0 bridgehead atoms. The number of hydrogen-bond acceptors (Lipinski definition) is 3. The molecule has 18 heavy (non-hydrogen) atoms. The van der Waals surface area contributed by atoms with Crippen LogP contribution in [0, 0.1) is 0 Å². The fraction of sp³-hybridized carbons (Fsp3) is 0.333. The maximum Gasteiger partial charge on any atom is 0.259 e. The van der Waals surface area contributed by atoms with Crippen molar-refractivity contribution in [2.45, 2.75) is 25.1 Å². The molecule has 1 aromatic carbocycles. The van der Waals surface area contributed by atoms with E-state index >= 15 is 0 Å². The standard InChI is InChI=1S/C12H11BrCl2N2O/c1-2-3-10(15)11-16-12(18-17-11)8-5-4-7(14)6-9(8)13/h4-6,10H,2-3H2,1H3. The van der Waals surface area contributed by atoms with E-state index in [0.717, 1.165) is 22.9 Å². The summed E-state index contributed by atoms with van der Waals surface area (Å²) in [5.74, 6) is 0.964. The van der Waals surface area contributed by atoms with Crippen molar-refractivity contribution in [3.8, 4) is 11.5 Å². The maximum atomic E-state index is 6.15. The third-order valence-corrected chi connectivity index (χ3v) is 3.73. The number of nitrogens with zero attached hydrogens (tertiary/aromatic N) is 2. The number of hydrogen-bond donors (Lipinski definition) is 0. The normalized spacial score (nSPS) is 12.7. The molecule has 0 aliphatic carbocycles. The Morgan fingerprint density at radius 3 is 2.89 bits per heavy atom. The first-order valence-corrected chi connectivity index (χ1v) is 7.15. The highest BCUT2D eigenvalue weighted by atomic mass is 79.9. The average molecular weight is 350 g/mol. The fourth-order valence-corrected chi connectivity index (χ4v) is 2.68. The molecular formula is C12H11BrCl2N2O. The Morgan fingerprint density at radius 1 is 1.44 bits per heavy atom. The van der Waals surface area contributed by atoms with Gasteiger partial charge >= 0.3 is 0 Å². The van der Waals surface area contributed by atoms with E-state index < -0.39 is 0 Å². The van der Waals surface area contributed by atoms with Gasteiger partial charge in [0.05, 0.1) is 10.9 Å². The molecule has 0 radical (unpaired) electrons. The summed E-state index contributed by atoms with van der Waals surface area (Å²) in [6.07, 6.45) is 1.80. The Labute approximate surface area is 124 Å². The number of alkyl halides is 1. The monoisotopic (exact) mass is 348 g/mol. The van der Waals surface area contributed by atoms with Crippen LogP contribution in [0.25, 0.3) is 11.5 Å². The third kappa shape index (κ3) is 3.05. The molecule has 1 aromatic heterocycles. The Balaban J connectivity index is 2.29. The highest BCUT2D eigenvalue weighted by Crippen LogP contribution is 2.31. The number of benzene rings is 1. The largest absolute Gasteiger partial charge is 0.334 e. The molecule has 0 fully saturated rings. The van der Waals surface area contributed by atoms with Gasteiger partial charge < -0.3 is 4.52 Å². The van der Waals surface area contributed by atoms with Crippen LogP contribution < -0.4 is 0 Å². The van der Waals surface area contributed by atoms with Gasteiger partial charge in [0.15, 0.2) is 5.82 Å². The molecule has 0 saturated carbocycles. The topological polar surface area (TPSA) is 38.9 Å². The van der Waals surface area contributed by atoms with Crippen molar-refractivity contribution < 1.29 is 4.52 Å². The van der Waals surface area contributed by atoms with Gasteiger partial charge in [0.25, 0.3) is 5.89 Å². The molecule has 0 aliphatic heterocycles. The van der Waals surface area contributed by atoms with E-state index in [1.807, 2.05) is 6.07 Å². The van der Waals surface area contributed by atoms with Gasteiger partial charge in [-0.25, -0.2) is 0 Å². The van der Waals surface area contributed by atoms with Crippen LogP contribution >= 0.6 is 39.1 Å². The second kappa shape index (κ2) is 6.04. The quantitative estimate of drug-likeness (QED) is 0.709. The highest BCUT2D eigenvalue weighted by molar-refractivity contribution is 9.10. The predicted octanol–water partition coefficient (Wildman–Crippen LogP) is 5.23. The van der Waals surface area contributed by atoms with Crippen LogP contribution in [0.2, 0.25) is 5.02 Å². The van der Waals surface area contributed by atoms with Crippen molar-refractivity contribution in [1.29, 1.82) is 0 Å². The van der Waals surface area contributed by atoms with Crippen molar-refractivity contribution in [2.24, 2.45) is 0 Å². The van der Waals surface area contributed by atoms with E-state index in [1.165, 1.54) is 0 Å². The molecule has 0 aliphatic rings. The lowest BCUT2D eigenvalue weighted by molar-refractivity contribution is 0.420. The first kappa shape index (κ1) is 13.8. The molecule has 0 amide bonds. The first-order valence-electron chi connectivity index (χ1n) is 5.55. The van der Waals surface area contributed by atoms with E-state index in [-0.39, 0.29) is 5.38 Å². The van der Waals surface area contributed by atoms with Crippen LogP contribution in [-0.4, -0.2) is 10.1 Å². The Bertz CT molecular complexity index is 545. The first-order chi connectivity index (χ1) is 8.61. The van der Waals surface area contributed by atoms with E-state index in [0.29, 0.717) is 16.7 Å². The summed E-state index contributed by atoms with van der Waals surface area (Å²) < 4.78 is 6.03. The molecule has 2 aromatic rings. The van der Waals surface area contributed by atoms with Gasteiger partial charge in [0.2, 0.25) is 0 Å². The second-order valence-electron chi connectivity index (χ2n) is 3.84. The van der Waals surface area contributed by atoms with Gasteiger partial charge in [0.1, 0.15) is 0 Å². The highest BCUT2D eigenvalue weighted by Gasteiger charge is 2.17. The zero-order valence-corrected chi connectivity index (χ0v) is 12.8. The molecule has 0 saturated heterocycles. The lowest BCUT2D eigenvalue weighted by Crippen LogP contribution is -1.92. The SMILES string of the molecule is CCCC(Cl)c1noc(-c2ccc(Cl)cc2Br)n1. The van der Waals surface area contributed by atoms with Crippen molar-refractivity contribution in [3.63, 3.8) is 0 Å². The van der Waals surface area contributed by atoms with Crippen molar-refractivity contribution >= 4 is 39.1 Å². The Kier molecular flexibility index (Phi) is 4.65. The minimum Gasteiger partial charge on any atom is -0.334 e. The zero-order chi connectivity index (χ0) is 13.1. The predicted molar refractivity (Wildman–Crippen MR) is 75.9 cm³/mol. The van der Waals surface area contributed by atoms with Gasteiger partial charge in [-0.2, -0.15) is 4.98 Å². The lowest BCUT2D eigenvalue weighted by atomic mass is 10.2.